The molecule has 0 spiro atoms. The van der Waals surface area contributed by atoms with Crippen molar-refractivity contribution in [2.45, 2.75) is 223 Å². The number of nitrogens with zero attached hydrogens (tertiary/aromatic N) is 2. The SMILES string of the molecule is CC.CC.CC#N.CO.COC1CCCC(CCCCC(=O)C/C=C(\C)C(O)CC(=O)C(C)CC/C=C/C=C/C=C(\C)CCCCCC(C)C2(C)C=C(N3CCCCC3C)C2=O)C1.COC=O. The first-order valence-electron chi connectivity index (χ1n) is 25.9. The fourth-order valence-electron chi connectivity index (χ4n) is 8.57. The van der Waals surface area contributed by atoms with Crippen molar-refractivity contribution in [2.24, 2.45) is 23.2 Å². The molecule has 1 saturated heterocycles. The molecule has 3 aliphatic rings. The normalized spacial score (nSPS) is 21.5. The molecule has 7 unspecified atom stereocenters. The van der Waals surface area contributed by atoms with Gasteiger partial charge in [0.05, 0.1) is 36.5 Å². The molecular formula is C57H100N2O8. The molecule has 67 heavy (non-hydrogen) atoms. The zero-order chi connectivity index (χ0) is 51.6. The molecule has 3 rings (SSSR count). The maximum atomic E-state index is 13.2. The summed E-state index contributed by atoms with van der Waals surface area (Å²) < 4.78 is 9.40. The van der Waals surface area contributed by atoms with E-state index in [-0.39, 0.29) is 29.3 Å². The molecule has 10 nitrogen and oxygen atoms in total. The summed E-state index contributed by atoms with van der Waals surface area (Å²) in [7, 11) is 4.12. The van der Waals surface area contributed by atoms with Crippen molar-refractivity contribution in [1.29, 1.82) is 5.26 Å². The van der Waals surface area contributed by atoms with E-state index in [1.165, 1.54) is 77.4 Å². The Labute approximate surface area is 410 Å². The van der Waals surface area contributed by atoms with Gasteiger partial charge in [-0.25, -0.2) is 0 Å². The second-order valence-electron chi connectivity index (χ2n) is 18.1. The van der Waals surface area contributed by atoms with Gasteiger partial charge in [-0.15, -0.1) is 0 Å². The van der Waals surface area contributed by atoms with Gasteiger partial charge in [-0.05, 0) is 122 Å². The van der Waals surface area contributed by atoms with E-state index >= 15 is 0 Å². The lowest BCUT2D eigenvalue weighted by Gasteiger charge is -2.47. The van der Waals surface area contributed by atoms with Crippen LogP contribution in [0.4, 0.5) is 0 Å². The Balaban J connectivity index is -0.00000284. The van der Waals surface area contributed by atoms with Crippen LogP contribution in [-0.2, 0) is 28.7 Å². The molecule has 7 atom stereocenters. The minimum absolute atomic E-state index is 0.0659. The number of Topliss-reactive ketones (excluding diaryl/α,β-unsaturated/α-hetero) is 3. The Morgan fingerprint density at radius 2 is 1.58 bits per heavy atom. The second-order valence-corrected chi connectivity index (χ2v) is 18.1. The Bertz CT molecular complexity index is 1510. The van der Waals surface area contributed by atoms with Gasteiger partial charge in [0.1, 0.15) is 11.6 Å². The molecular weight excluding hydrogens is 841 g/mol. The van der Waals surface area contributed by atoms with Crippen molar-refractivity contribution in [3.63, 3.8) is 0 Å². The molecule has 0 bridgehead atoms. The maximum absolute atomic E-state index is 13.2. The molecule has 0 radical (unpaired) electrons. The summed E-state index contributed by atoms with van der Waals surface area (Å²) in [6, 6.07) is 2.24. The quantitative estimate of drug-likeness (QED) is 0.0371. The predicted octanol–water partition coefficient (Wildman–Crippen LogP) is 13.4. The molecule has 0 aromatic heterocycles. The Morgan fingerprint density at radius 3 is 2.18 bits per heavy atom. The van der Waals surface area contributed by atoms with Gasteiger partial charge in [-0.3, -0.25) is 19.2 Å². The Morgan fingerprint density at radius 1 is 0.940 bits per heavy atom. The number of ketones is 3. The van der Waals surface area contributed by atoms with Gasteiger partial charge >= 0.3 is 0 Å². The summed E-state index contributed by atoms with van der Waals surface area (Å²) in [5, 5.41) is 24.9. The summed E-state index contributed by atoms with van der Waals surface area (Å²) in [4.78, 5) is 49.7. The first-order valence-corrected chi connectivity index (χ1v) is 25.9. The molecule has 0 aromatic rings. The van der Waals surface area contributed by atoms with Crippen LogP contribution >= 0.6 is 0 Å². The van der Waals surface area contributed by atoms with Crippen molar-refractivity contribution in [3.05, 3.63) is 59.4 Å². The number of hydrogen-bond acceptors (Lipinski definition) is 10. The van der Waals surface area contributed by atoms with E-state index < -0.39 is 6.10 Å². The molecule has 10 heteroatoms. The molecule has 1 heterocycles. The molecule has 2 fully saturated rings. The third kappa shape index (κ3) is 29.8. The smallest absolute Gasteiger partial charge is 0.292 e. The lowest BCUT2D eigenvalue weighted by Crippen LogP contribution is -2.51. The van der Waals surface area contributed by atoms with Gasteiger partial charge in [0.2, 0.25) is 0 Å². The van der Waals surface area contributed by atoms with E-state index in [0.717, 1.165) is 76.6 Å². The van der Waals surface area contributed by atoms with E-state index in [4.69, 9.17) is 19.9 Å². The Kier molecular flexibility index (Phi) is 44.0. The highest BCUT2D eigenvalue weighted by molar-refractivity contribution is 6.07. The predicted molar refractivity (Wildman–Crippen MR) is 279 cm³/mol. The van der Waals surface area contributed by atoms with Crippen molar-refractivity contribution in [1.82, 2.24) is 4.90 Å². The number of unbranched alkanes of at least 4 members (excludes halogenated alkanes) is 3. The van der Waals surface area contributed by atoms with Gasteiger partial charge in [0, 0.05) is 58.9 Å². The first kappa shape index (κ1) is 67.6. The third-order valence-electron chi connectivity index (χ3n) is 13.1. The fraction of sp³-hybridized carbons (Fsp3) is 0.737. The molecule has 386 valence electrons. The van der Waals surface area contributed by atoms with Crippen LogP contribution in [0.25, 0.3) is 0 Å². The number of aliphatic hydroxyl groups excluding tert-OH is 2. The first-order chi connectivity index (χ1) is 32.2. The highest BCUT2D eigenvalue weighted by Gasteiger charge is 2.48. The van der Waals surface area contributed by atoms with Gasteiger partial charge in [-0.2, -0.15) is 5.26 Å². The van der Waals surface area contributed by atoms with E-state index in [2.05, 4.69) is 61.6 Å². The van der Waals surface area contributed by atoms with Gasteiger partial charge < -0.3 is 24.6 Å². The summed E-state index contributed by atoms with van der Waals surface area (Å²) in [6.45, 7) is 23.4. The zero-order valence-electron chi connectivity index (χ0n) is 45.2. The van der Waals surface area contributed by atoms with E-state index in [1.54, 1.807) is 6.07 Å². The van der Waals surface area contributed by atoms with Gasteiger partial charge in [0.25, 0.3) is 6.47 Å². The van der Waals surface area contributed by atoms with Gasteiger partial charge in [0.15, 0.2) is 5.78 Å². The van der Waals surface area contributed by atoms with E-state index in [1.807, 2.05) is 66.9 Å². The second kappa shape index (κ2) is 43.6. The van der Waals surface area contributed by atoms with Crippen LogP contribution < -0.4 is 0 Å². The number of allylic oxidation sites excluding steroid dienone is 9. The van der Waals surface area contributed by atoms with Crippen LogP contribution in [0.2, 0.25) is 0 Å². The third-order valence-corrected chi connectivity index (χ3v) is 13.1. The van der Waals surface area contributed by atoms with Crippen molar-refractivity contribution < 1.29 is 38.9 Å². The van der Waals surface area contributed by atoms with E-state index in [9.17, 15) is 19.5 Å². The average molecular weight is 941 g/mol. The van der Waals surface area contributed by atoms with Crippen LogP contribution in [0.5, 0.6) is 0 Å². The highest BCUT2D eigenvalue weighted by atomic mass is 16.5. The van der Waals surface area contributed by atoms with E-state index in [0.29, 0.717) is 48.7 Å². The topological polar surface area (TPSA) is 154 Å². The fourth-order valence-corrected chi connectivity index (χ4v) is 8.57. The molecule has 0 aromatic carbocycles. The van der Waals surface area contributed by atoms with Crippen LogP contribution in [-0.4, -0.2) is 85.1 Å². The minimum atomic E-state index is -0.828. The number of hydrogen-bond donors (Lipinski definition) is 2. The largest absolute Gasteiger partial charge is 0.471 e. The summed E-state index contributed by atoms with van der Waals surface area (Å²) >= 11 is 0. The molecule has 0 amide bonds. The molecule has 2 aliphatic carbocycles. The lowest BCUT2D eigenvalue weighted by atomic mass is 9.64. The summed E-state index contributed by atoms with van der Waals surface area (Å²) in [6.07, 6.45) is 34.1. The lowest BCUT2D eigenvalue weighted by molar-refractivity contribution is -0.130. The Hall–Kier alpha value is -3.65. The number of methoxy groups -OCH3 is 2. The number of carbonyl (C=O) groups excluding carboxylic acids is 4. The highest BCUT2D eigenvalue weighted by Crippen LogP contribution is 2.46. The number of likely N-dealkylation sites (tertiary alicyclic amines) is 1. The van der Waals surface area contributed by atoms with Crippen molar-refractivity contribution in [3.8, 4) is 6.07 Å². The minimum Gasteiger partial charge on any atom is -0.471 e. The van der Waals surface area contributed by atoms with Crippen LogP contribution in [0.3, 0.4) is 0 Å². The number of aliphatic hydroxyl groups is 2. The zero-order valence-corrected chi connectivity index (χ0v) is 45.2. The average Bonchev–Trinajstić information content (AvgIpc) is 3.35. The number of nitriles is 1. The summed E-state index contributed by atoms with van der Waals surface area (Å²) in [5.41, 5.74) is 2.77. The van der Waals surface area contributed by atoms with Crippen LogP contribution in [0.1, 0.15) is 205 Å². The number of ether oxygens (including phenoxy) is 2. The maximum Gasteiger partial charge on any atom is 0.292 e. The molecule has 1 aliphatic heterocycles. The summed E-state index contributed by atoms with van der Waals surface area (Å²) in [5.74, 6) is 1.61. The van der Waals surface area contributed by atoms with Crippen LogP contribution in [0, 0.1) is 34.5 Å². The van der Waals surface area contributed by atoms with Gasteiger partial charge in [-0.1, -0.05) is 122 Å². The molecule has 1 saturated carbocycles. The number of carbonyl (C=O) groups is 4. The van der Waals surface area contributed by atoms with Crippen LogP contribution in [0.15, 0.2) is 59.4 Å². The standard InChI is InChI=1S/C48H77NO5.C2H3N.C2H4O2.2C2H6.CH4O/c1-36(22-13-11-15-24-39(4)48(6)35-44(47(48)53)49-32-19-18-25-40(49)5)21-12-9-8-10-14-23-37(2)45(51)34-46(52)38(3)30-31-42(50)28-17-16-26-41-27-20-29-43(33-41)54-7;1-2-3;1-4-2-3;3*1-2/h8-10,12,21,30,35,37,39-41,43,46,52H,11,13-20,22-29,31-34H2,1-7H3;1H3;2H,1H3;2*1-2H3;2H,1H3/b10-8+,12-9+,36-21+,38-30+;;;;;. The monoisotopic (exact) mass is 941 g/mol. The van der Waals surface area contributed by atoms with Crippen molar-refractivity contribution in [2.75, 3.05) is 27.9 Å². The van der Waals surface area contributed by atoms with Crippen molar-refractivity contribution >= 4 is 23.8 Å². The molecule has 2 N–H and O–H groups in total. The number of rotatable bonds is 26. The number of piperidine rings is 1.